The molecular weight excluding hydrogens is 212 g/mol. The highest BCUT2D eigenvalue weighted by Gasteiger charge is 2.25. The summed E-state index contributed by atoms with van der Waals surface area (Å²) in [5.41, 5.74) is 0.692. The Kier molecular flexibility index (Phi) is 3.34. The van der Waals surface area contributed by atoms with Crippen LogP contribution in [0.25, 0.3) is 0 Å². The van der Waals surface area contributed by atoms with Crippen LogP contribution in [0, 0.1) is 6.92 Å². The highest BCUT2D eigenvalue weighted by Crippen LogP contribution is 2.26. The fourth-order valence-electron chi connectivity index (χ4n) is 1.19. The molecule has 0 fully saturated rings. The predicted molar refractivity (Wildman–Crippen MR) is 61.6 cm³/mol. The second-order valence-electron chi connectivity index (χ2n) is 4.42. The third-order valence-corrected chi connectivity index (χ3v) is 2.92. The minimum atomic E-state index is -0.835. The molecule has 5 heteroatoms. The summed E-state index contributed by atoms with van der Waals surface area (Å²) in [6, 6.07) is 0. The molecule has 0 radical (unpaired) electrons. The molecule has 1 aromatic rings. The van der Waals surface area contributed by atoms with E-state index >= 15 is 0 Å². The molecule has 1 N–H and O–H groups in total. The van der Waals surface area contributed by atoms with Crippen molar-refractivity contribution in [3.05, 3.63) is 11.1 Å². The molecule has 0 aromatic carbocycles. The lowest BCUT2D eigenvalue weighted by atomic mass is 10.1. The van der Waals surface area contributed by atoms with E-state index in [2.05, 4.69) is 4.98 Å². The summed E-state index contributed by atoms with van der Waals surface area (Å²) >= 11 is 1.48. The number of hydrogen-bond donors (Lipinski definition) is 1. The SMILES string of the molecule is Cc1csc(N(CC(=O)O)C(C)(C)C)n1. The average Bonchev–Trinajstić information content (AvgIpc) is 2.45. The van der Waals surface area contributed by atoms with Crippen LogP contribution in [0.1, 0.15) is 26.5 Å². The standard InChI is InChI=1S/C10H16N2O2S/c1-7-6-15-9(11-7)12(5-8(13)14)10(2,3)4/h6H,5H2,1-4H3,(H,13,14). The summed E-state index contributed by atoms with van der Waals surface area (Å²) in [7, 11) is 0. The Morgan fingerprint density at radius 1 is 1.60 bits per heavy atom. The number of aromatic nitrogens is 1. The molecule has 0 saturated heterocycles. The minimum absolute atomic E-state index is 0.0174. The summed E-state index contributed by atoms with van der Waals surface area (Å²) in [5, 5.41) is 11.5. The third-order valence-electron chi connectivity index (χ3n) is 1.94. The Balaban J connectivity index is 2.96. The van der Waals surface area contributed by atoms with Crippen molar-refractivity contribution in [1.82, 2.24) is 4.98 Å². The number of carboxylic acids is 1. The summed E-state index contributed by atoms with van der Waals surface area (Å²) in [5.74, 6) is -0.835. The Bertz CT molecular complexity index is 355. The summed E-state index contributed by atoms with van der Waals surface area (Å²) in [6.07, 6.45) is 0. The highest BCUT2D eigenvalue weighted by atomic mass is 32.1. The Hall–Kier alpha value is -1.10. The molecule has 84 valence electrons. The molecule has 4 nitrogen and oxygen atoms in total. The summed E-state index contributed by atoms with van der Waals surface area (Å²) in [4.78, 5) is 16.9. The monoisotopic (exact) mass is 228 g/mol. The number of nitrogens with zero attached hydrogens (tertiary/aromatic N) is 2. The van der Waals surface area contributed by atoms with Crippen LogP contribution in [0.3, 0.4) is 0 Å². The van der Waals surface area contributed by atoms with Crippen LogP contribution in [-0.2, 0) is 4.79 Å². The lowest BCUT2D eigenvalue weighted by molar-refractivity contribution is -0.135. The van der Waals surface area contributed by atoms with Crippen molar-refractivity contribution in [2.45, 2.75) is 33.2 Å². The molecule has 0 bridgehead atoms. The molecule has 1 heterocycles. The van der Waals surface area contributed by atoms with E-state index in [9.17, 15) is 4.79 Å². The van der Waals surface area contributed by atoms with Crippen LogP contribution >= 0.6 is 11.3 Å². The van der Waals surface area contributed by atoms with Crippen LogP contribution in [-0.4, -0.2) is 28.1 Å². The van der Waals surface area contributed by atoms with Gasteiger partial charge in [0.1, 0.15) is 6.54 Å². The summed E-state index contributed by atoms with van der Waals surface area (Å²) in [6.45, 7) is 7.82. The van der Waals surface area contributed by atoms with Gasteiger partial charge in [-0.25, -0.2) is 4.98 Å². The molecule has 0 unspecified atom stereocenters. The van der Waals surface area contributed by atoms with Crippen molar-refractivity contribution in [3.8, 4) is 0 Å². The van der Waals surface area contributed by atoms with E-state index in [4.69, 9.17) is 5.11 Å². The van der Waals surface area contributed by atoms with Crippen molar-refractivity contribution in [2.75, 3.05) is 11.4 Å². The zero-order valence-corrected chi connectivity index (χ0v) is 10.3. The van der Waals surface area contributed by atoms with Gasteiger partial charge >= 0.3 is 5.97 Å². The molecule has 0 aliphatic heterocycles. The Morgan fingerprint density at radius 3 is 2.53 bits per heavy atom. The van der Waals surface area contributed by atoms with Gasteiger partial charge in [0.15, 0.2) is 5.13 Å². The van der Waals surface area contributed by atoms with Crippen molar-refractivity contribution in [2.24, 2.45) is 0 Å². The van der Waals surface area contributed by atoms with E-state index in [1.165, 1.54) is 11.3 Å². The molecule has 0 aliphatic rings. The van der Waals surface area contributed by atoms with Crippen LogP contribution in [0.15, 0.2) is 5.38 Å². The number of anilines is 1. The van der Waals surface area contributed by atoms with Gasteiger partial charge in [-0.15, -0.1) is 11.3 Å². The molecule has 1 aromatic heterocycles. The van der Waals surface area contributed by atoms with Gasteiger partial charge in [-0.3, -0.25) is 4.79 Å². The van der Waals surface area contributed by atoms with Gasteiger partial charge < -0.3 is 10.0 Å². The Morgan fingerprint density at radius 2 is 2.20 bits per heavy atom. The van der Waals surface area contributed by atoms with Crippen molar-refractivity contribution in [3.63, 3.8) is 0 Å². The van der Waals surface area contributed by atoms with E-state index in [1.54, 1.807) is 4.90 Å². The second kappa shape index (κ2) is 4.18. The van der Waals surface area contributed by atoms with E-state index in [1.807, 2.05) is 33.1 Å². The maximum atomic E-state index is 10.8. The molecular formula is C10H16N2O2S. The van der Waals surface area contributed by atoms with E-state index in [0.29, 0.717) is 0 Å². The first-order valence-corrected chi connectivity index (χ1v) is 5.60. The fraction of sp³-hybridized carbons (Fsp3) is 0.600. The van der Waals surface area contributed by atoms with Gasteiger partial charge in [0.05, 0.1) is 5.69 Å². The third kappa shape index (κ3) is 3.20. The van der Waals surface area contributed by atoms with E-state index in [0.717, 1.165) is 10.8 Å². The quantitative estimate of drug-likeness (QED) is 0.861. The maximum Gasteiger partial charge on any atom is 0.323 e. The lowest BCUT2D eigenvalue weighted by Gasteiger charge is -2.34. The topological polar surface area (TPSA) is 53.4 Å². The molecule has 15 heavy (non-hydrogen) atoms. The minimum Gasteiger partial charge on any atom is -0.480 e. The van der Waals surface area contributed by atoms with Crippen molar-refractivity contribution < 1.29 is 9.90 Å². The number of carboxylic acid groups (broad SMARTS) is 1. The molecule has 0 atom stereocenters. The summed E-state index contributed by atoms with van der Waals surface area (Å²) < 4.78 is 0. The van der Waals surface area contributed by atoms with Crippen LogP contribution in [0.5, 0.6) is 0 Å². The van der Waals surface area contributed by atoms with Gasteiger partial charge in [0.25, 0.3) is 0 Å². The number of thiazole rings is 1. The predicted octanol–water partition coefficient (Wildman–Crippen LogP) is 2.14. The van der Waals surface area contributed by atoms with Gasteiger partial charge in [0, 0.05) is 10.9 Å². The molecule has 0 aliphatic carbocycles. The highest BCUT2D eigenvalue weighted by molar-refractivity contribution is 7.13. The largest absolute Gasteiger partial charge is 0.480 e. The van der Waals surface area contributed by atoms with Crippen LogP contribution in [0.2, 0.25) is 0 Å². The Labute approximate surface area is 93.6 Å². The van der Waals surface area contributed by atoms with Crippen molar-refractivity contribution in [1.29, 1.82) is 0 Å². The first-order chi connectivity index (χ1) is 6.80. The number of carbonyl (C=O) groups is 1. The van der Waals surface area contributed by atoms with Gasteiger partial charge in [-0.2, -0.15) is 0 Å². The van der Waals surface area contributed by atoms with Gasteiger partial charge in [0.2, 0.25) is 0 Å². The zero-order valence-electron chi connectivity index (χ0n) is 9.44. The van der Waals surface area contributed by atoms with Gasteiger partial charge in [-0.05, 0) is 27.7 Å². The molecule has 0 spiro atoms. The number of hydrogen-bond acceptors (Lipinski definition) is 4. The average molecular weight is 228 g/mol. The lowest BCUT2D eigenvalue weighted by Crippen LogP contribution is -2.44. The smallest absolute Gasteiger partial charge is 0.323 e. The number of aliphatic carboxylic acids is 1. The first-order valence-electron chi connectivity index (χ1n) is 4.72. The maximum absolute atomic E-state index is 10.8. The van der Waals surface area contributed by atoms with E-state index in [-0.39, 0.29) is 12.1 Å². The fourth-order valence-corrected chi connectivity index (χ4v) is 2.18. The van der Waals surface area contributed by atoms with Crippen LogP contribution in [0.4, 0.5) is 5.13 Å². The van der Waals surface area contributed by atoms with E-state index < -0.39 is 5.97 Å². The normalized spacial score (nSPS) is 11.5. The molecule has 0 amide bonds. The molecule has 1 rings (SSSR count). The van der Waals surface area contributed by atoms with Gasteiger partial charge in [-0.1, -0.05) is 0 Å². The number of aryl methyl sites for hydroxylation is 1. The molecule has 0 saturated carbocycles. The first kappa shape index (κ1) is 12.0. The van der Waals surface area contributed by atoms with Crippen molar-refractivity contribution >= 4 is 22.4 Å². The number of rotatable bonds is 3. The second-order valence-corrected chi connectivity index (χ2v) is 5.26. The zero-order chi connectivity index (χ0) is 11.6. The van der Waals surface area contributed by atoms with Crippen LogP contribution < -0.4 is 4.90 Å².